The molecule has 0 aromatic carbocycles. The molecule has 0 saturated carbocycles. The van der Waals surface area contributed by atoms with Crippen LogP contribution in [0.15, 0.2) is 6.20 Å². The van der Waals surface area contributed by atoms with Crippen molar-refractivity contribution in [3.05, 3.63) is 11.5 Å². The highest BCUT2D eigenvalue weighted by molar-refractivity contribution is 6.28. The van der Waals surface area contributed by atoms with Crippen molar-refractivity contribution in [3.8, 4) is 0 Å². The number of fused-ring (bicyclic) bond motifs is 1. The average molecular weight is 258 g/mol. The van der Waals surface area contributed by atoms with Crippen molar-refractivity contribution >= 4 is 28.5 Å². The minimum absolute atomic E-state index is 0.149. The van der Waals surface area contributed by atoms with Gasteiger partial charge in [0.1, 0.15) is 5.82 Å². The number of H-pyrrole nitrogens is 1. The van der Waals surface area contributed by atoms with Crippen molar-refractivity contribution in [2.45, 2.75) is 6.29 Å². The standard InChI is InChI=1S/C9H12ClN5O2/c1-16-6(17-2)4-11-7-5-3-12-15-8(5)14-9(10)13-7/h3,6H,4H2,1-2H3,(H2,11,12,13,14,15). The molecular weight excluding hydrogens is 246 g/mol. The number of ether oxygens (including phenoxy) is 2. The monoisotopic (exact) mass is 257 g/mol. The molecule has 0 aliphatic carbocycles. The van der Waals surface area contributed by atoms with E-state index >= 15 is 0 Å². The Morgan fingerprint density at radius 3 is 2.88 bits per heavy atom. The van der Waals surface area contributed by atoms with E-state index in [9.17, 15) is 0 Å². The molecule has 0 fully saturated rings. The molecule has 2 N–H and O–H groups in total. The zero-order valence-corrected chi connectivity index (χ0v) is 10.2. The van der Waals surface area contributed by atoms with E-state index in [4.69, 9.17) is 21.1 Å². The second-order valence-electron chi connectivity index (χ2n) is 3.26. The zero-order chi connectivity index (χ0) is 12.3. The Hall–Kier alpha value is -1.44. The lowest BCUT2D eigenvalue weighted by molar-refractivity contribution is -0.0914. The van der Waals surface area contributed by atoms with Gasteiger partial charge < -0.3 is 14.8 Å². The van der Waals surface area contributed by atoms with Crippen LogP contribution in [0.5, 0.6) is 0 Å². The first-order valence-corrected chi connectivity index (χ1v) is 5.28. The van der Waals surface area contributed by atoms with Gasteiger partial charge in [-0.1, -0.05) is 0 Å². The molecule has 0 unspecified atom stereocenters. The van der Waals surface area contributed by atoms with Gasteiger partial charge in [0, 0.05) is 14.2 Å². The van der Waals surface area contributed by atoms with Crippen molar-refractivity contribution in [3.63, 3.8) is 0 Å². The lowest BCUT2D eigenvalue weighted by atomic mass is 10.4. The van der Waals surface area contributed by atoms with E-state index in [-0.39, 0.29) is 11.6 Å². The molecule has 0 spiro atoms. The highest BCUT2D eigenvalue weighted by Gasteiger charge is 2.10. The molecule has 92 valence electrons. The van der Waals surface area contributed by atoms with E-state index in [1.54, 1.807) is 20.4 Å². The van der Waals surface area contributed by atoms with Crippen LogP contribution in [0.4, 0.5) is 5.82 Å². The number of aromatic nitrogens is 4. The Kier molecular flexibility index (Phi) is 3.72. The molecule has 2 aromatic rings. The first-order chi connectivity index (χ1) is 8.24. The molecule has 2 heterocycles. The number of methoxy groups -OCH3 is 2. The molecule has 0 saturated heterocycles. The van der Waals surface area contributed by atoms with E-state index in [2.05, 4.69) is 25.5 Å². The third kappa shape index (κ3) is 2.63. The number of halogens is 1. The van der Waals surface area contributed by atoms with Gasteiger partial charge in [-0.05, 0) is 11.6 Å². The minimum atomic E-state index is -0.356. The van der Waals surface area contributed by atoms with Crippen LogP contribution in [0.25, 0.3) is 11.0 Å². The molecule has 0 aliphatic rings. The summed E-state index contributed by atoms with van der Waals surface area (Å²) in [6.45, 7) is 0.445. The number of nitrogens with one attached hydrogen (secondary N) is 2. The Bertz CT molecular complexity index is 499. The maximum Gasteiger partial charge on any atom is 0.226 e. The third-order valence-electron chi connectivity index (χ3n) is 2.24. The maximum absolute atomic E-state index is 5.79. The van der Waals surface area contributed by atoms with Gasteiger partial charge >= 0.3 is 0 Å². The van der Waals surface area contributed by atoms with Crippen LogP contribution in [0, 0.1) is 0 Å². The first-order valence-electron chi connectivity index (χ1n) is 4.90. The van der Waals surface area contributed by atoms with E-state index in [0.29, 0.717) is 18.0 Å². The van der Waals surface area contributed by atoms with Crippen LogP contribution < -0.4 is 5.32 Å². The third-order valence-corrected chi connectivity index (χ3v) is 2.41. The highest BCUT2D eigenvalue weighted by atomic mass is 35.5. The number of anilines is 1. The summed E-state index contributed by atoms with van der Waals surface area (Å²) in [7, 11) is 3.13. The second kappa shape index (κ2) is 5.26. The Morgan fingerprint density at radius 1 is 1.41 bits per heavy atom. The average Bonchev–Trinajstić information content (AvgIpc) is 2.78. The molecule has 0 radical (unpaired) electrons. The summed E-state index contributed by atoms with van der Waals surface area (Å²) >= 11 is 5.79. The van der Waals surface area contributed by atoms with Crippen LogP contribution in [-0.4, -0.2) is 47.2 Å². The number of rotatable bonds is 5. The lowest BCUT2D eigenvalue weighted by Crippen LogP contribution is -2.24. The maximum atomic E-state index is 5.79. The fourth-order valence-corrected chi connectivity index (χ4v) is 1.55. The molecule has 2 rings (SSSR count). The van der Waals surface area contributed by atoms with Gasteiger partial charge in [0.25, 0.3) is 0 Å². The number of aromatic amines is 1. The topological polar surface area (TPSA) is 85.0 Å². The Labute approximate surface area is 102 Å². The smallest absolute Gasteiger partial charge is 0.226 e. The zero-order valence-electron chi connectivity index (χ0n) is 9.40. The quantitative estimate of drug-likeness (QED) is 0.615. The normalized spacial score (nSPS) is 11.3. The highest BCUT2D eigenvalue weighted by Crippen LogP contribution is 2.19. The van der Waals surface area contributed by atoms with Gasteiger partial charge in [-0.3, -0.25) is 5.10 Å². The number of hydrogen-bond donors (Lipinski definition) is 2. The fraction of sp³-hybridized carbons (Fsp3) is 0.444. The molecule has 0 atom stereocenters. The molecule has 0 amide bonds. The predicted octanol–water partition coefficient (Wildman–Crippen LogP) is 1.04. The van der Waals surface area contributed by atoms with Gasteiger partial charge in [0.2, 0.25) is 5.28 Å². The van der Waals surface area contributed by atoms with Crippen molar-refractivity contribution in [2.24, 2.45) is 0 Å². The lowest BCUT2D eigenvalue weighted by Gasteiger charge is -2.14. The van der Waals surface area contributed by atoms with Crippen LogP contribution in [0.2, 0.25) is 5.28 Å². The molecule has 17 heavy (non-hydrogen) atoms. The summed E-state index contributed by atoms with van der Waals surface area (Å²) in [6.07, 6.45) is 1.27. The Balaban J connectivity index is 2.20. The first kappa shape index (κ1) is 12.0. The molecule has 7 nitrogen and oxygen atoms in total. The molecule has 8 heteroatoms. The van der Waals surface area contributed by atoms with Crippen molar-refractivity contribution in [1.82, 2.24) is 20.2 Å². The Morgan fingerprint density at radius 2 is 2.18 bits per heavy atom. The van der Waals surface area contributed by atoms with Gasteiger partial charge in [0.05, 0.1) is 18.1 Å². The van der Waals surface area contributed by atoms with Crippen LogP contribution in [0.3, 0.4) is 0 Å². The van der Waals surface area contributed by atoms with Crippen LogP contribution >= 0.6 is 11.6 Å². The number of nitrogens with zero attached hydrogens (tertiary/aromatic N) is 3. The molecule has 0 aliphatic heterocycles. The second-order valence-corrected chi connectivity index (χ2v) is 3.59. The predicted molar refractivity (Wildman–Crippen MR) is 63.0 cm³/mol. The number of hydrogen-bond acceptors (Lipinski definition) is 6. The summed E-state index contributed by atoms with van der Waals surface area (Å²) in [5.41, 5.74) is 0.582. The van der Waals surface area contributed by atoms with Crippen molar-refractivity contribution in [2.75, 3.05) is 26.1 Å². The summed E-state index contributed by atoms with van der Waals surface area (Å²) in [6, 6.07) is 0. The van der Waals surface area contributed by atoms with Crippen molar-refractivity contribution < 1.29 is 9.47 Å². The van der Waals surface area contributed by atoms with Crippen LogP contribution in [-0.2, 0) is 9.47 Å². The van der Waals surface area contributed by atoms with E-state index in [0.717, 1.165) is 5.39 Å². The molecule has 0 bridgehead atoms. The summed E-state index contributed by atoms with van der Waals surface area (Å²) < 4.78 is 10.1. The largest absolute Gasteiger partial charge is 0.364 e. The van der Waals surface area contributed by atoms with E-state index < -0.39 is 0 Å². The fourth-order valence-electron chi connectivity index (χ4n) is 1.39. The van der Waals surface area contributed by atoms with Gasteiger partial charge in [0.15, 0.2) is 11.9 Å². The van der Waals surface area contributed by atoms with Gasteiger partial charge in [-0.2, -0.15) is 15.1 Å². The summed E-state index contributed by atoms with van der Waals surface area (Å²) in [5, 5.41) is 10.6. The van der Waals surface area contributed by atoms with Crippen LogP contribution in [0.1, 0.15) is 0 Å². The SMILES string of the molecule is COC(CNc1nc(Cl)nc2[nH]ncc12)OC. The van der Waals surface area contributed by atoms with Crippen molar-refractivity contribution in [1.29, 1.82) is 0 Å². The van der Waals surface area contributed by atoms with Gasteiger partial charge in [-0.15, -0.1) is 0 Å². The van der Waals surface area contributed by atoms with E-state index in [1.807, 2.05) is 0 Å². The minimum Gasteiger partial charge on any atom is -0.364 e. The summed E-state index contributed by atoms with van der Waals surface area (Å²) in [4.78, 5) is 8.08. The summed E-state index contributed by atoms with van der Waals surface area (Å²) in [5.74, 6) is 0.591. The molecular formula is C9H12ClN5O2. The molecule has 2 aromatic heterocycles. The van der Waals surface area contributed by atoms with Gasteiger partial charge in [-0.25, -0.2) is 0 Å². The van der Waals surface area contributed by atoms with E-state index in [1.165, 1.54) is 0 Å².